The number of nitrogens with zero attached hydrogens (tertiary/aromatic N) is 2. The molecule has 0 aliphatic carbocycles. The normalized spacial score (nSPS) is 14.8. The number of carbonyl (C=O) groups excluding carboxylic acids is 1. The Hall–Kier alpha value is -2.64. The summed E-state index contributed by atoms with van der Waals surface area (Å²) in [6.45, 7) is 7.73. The summed E-state index contributed by atoms with van der Waals surface area (Å²) in [5.74, 6) is 0.628. The summed E-state index contributed by atoms with van der Waals surface area (Å²) in [7, 11) is 0. The number of aromatic nitrogens is 1. The number of halogens is 4. The highest BCUT2D eigenvalue weighted by Gasteiger charge is 2.35. The maximum atomic E-state index is 14.3. The summed E-state index contributed by atoms with van der Waals surface area (Å²) in [4.78, 5) is 32.8. The molecule has 45 heavy (non-hydrogen) atoms. The van der Waals surface area contributed by atoms with Crippen molar-refractivity contribution >= 4 is 85.1 Å². The third kappa shape index (κ3) is 7.35. The molecule has 0 bridgehead atoms. The lowest BCUT2D eigenvalue weighted by Gasteiger charge is -2.26. The van der Waals surface area contributed by atoms with Gasteiger partial charge in [-0.1, -0.05) is 74.7 Å². The van der Waals surface area contributed by atoms with Crippen LogP contribution in [0.2, 0.25) is 10.0 Å². The highest BCUT2D eigenvalue weighted by Crippen LogP contribution is 2.37. The number of hydrogen-bond acceptors (Lipinski definition) is 7. The molecule has 7 nitrogen and oxygen atoms in total. The molecule has 3 aromatic carbocycles. The molecule has 0 saturated carbocycles. The van der Waals surface area contributed by atoms with Gasteiger partial charge in [0.1, 0.15) is 24.1 Å². The largest absolute Gasteiger partial charge is 0.491 e. The molecule has 0 spiro atoms. The lowest BCUT2D eigenvalue weighted by molar-refractivity contribution is -0.139. The van der Waals surface area contributed by atoms with Crippen molar-refractivity contribution in [2.24, 2.45) is 4.99 Å². The van der Waals surface area contributed by atoms with E-state index in [0.29, 0.717) is 47.7 Å². The summed E-state index contributed by atoms with van der Waals surface area (Å²) in [5, 5.41) is 1.04. The number of rotatable bonds is 9. The zero-order valence-corrected chi connectivity index (χ0v) is 30.8. The minimum Gasteiger partial charge on any atom is -0.491 e. The average Bonchev–Trinajstić information content (AvgIpc) is 3.26. The Labute approximate surface area is 296 Å². The van der Waals surface area contributed by atoms with Gasteiger partial charge in [0.2, 0.25) is 0 Å². The van der Waals surface area contributed by atoms with E-state index >= 15 is 0 Å². The first-order chi connectivity index (χ1) is 21.5. The molecule has 1 aliphatic heterocycles. The van der Waals surface area contributed by atoms with Crippen molar-refractivity contribution < 1.29 is 19.0 Å². The van der Waals surface area contributed by atoms with Crippen molar-refractivity contribution in [3.8, 4) is 11.5 Å². The zero-order chi connectivity index (χ0) is 32.4. The maximum absolute atomic E-state index is 14.3. The monoisotopic (exact) mass is 840 g/mol. The number of para-hydroxylation sites is 1. The van der Waals surface area contributed by atoms with Crippen LogP contribution >= 0.6 is 73.1 Å². The quantitative estimate of drug-likeness (QED) is 0.127. The Balaban J connectivity index is 1.67. The molecular formula is C33H28BrCl2IN2O5S. The van der Waals surface area contributed by atoms with Gasteiger partial charge in [0.15, 0.2) is 4.80 Å². The van der Waals surface area contributed by atoms with Crippen LogP contribution in [-0.2, 0) is 16.1 Å². The maximum Gasteiger partial charge on any atom is 0.338 e. The Kier molecular flexibility index (Phi) is 10.8. The first-order valence-corrected chi connectivity index (χ1v) is 17.4. The van der Waals surface area contributed by atoms with Gasteiger partial charge in [-0.25, -0.2) is 9.79 Å². The fourth-order valence-corrected chi connectivity index (χ4v) is 8.13. The van der Waals surface area contributed by atoms with E-state index in [2.05, 4.69) is 38.5 Å². The molecule has 1 aliphatic rings. The highest BCUT2D eigenvalue weighted by atomic mass is 127. The van der Waals surface area contributed by atoms with E-state index in [0.717, 1.165) is 13.6 Å². The zero-order valence-electron chi connectivity index (χ0n) is 24.7. The van der Waals surface area contributed by atoms with Gasteiger partial charge >= 0.3 is 5.97 Å². The first-order valence-electron chi connectivity index (χ1n) is 14.0. The van der Waals surface area contributed by atoms with Gasteiger partial charge in [-0.3, -0.25) is 9.36 Å². The minimum atomic E-state index is -0.803. The van der Waals surface area contributed by atoms with Crippen LogP contribution in [0, 0.1) is 3.57 Å². The van der Waals surface area contributed by atoms with Crippen LogP contribution < -0.4 is 24.4 Å². The Bertz CT molecular complexity index is 2010. The Morgan fingerprint density at radius 1 is 1.18 bits per heavy atom. The van der Waals surface area contributed by atoms with Gasteiger partial charge in [0, 0.05) is 31.2 Å². The van der Waals surface area contributed by atoms with Crippen molar-refractivity contribution in [2.75, 3.05) is 6.61 Å². The number of allylic oxidation sites excluding steroid dienone is 1. The molecule has 0 N–H and O–H groups in total. The van der Waals surface area contributed by atoms with Crippen LogP contribution in [0.4, 0.5) is 0 Å². The molecule has 12 heteroatoms. The van der Waals surface area contributed by atoms with Crippen molar-refractivity contribution in [3.05, 3.63) is 120 Å². The second-order valence-electron chi connectivity index (χ2n) is 10.3. The summed E-state index contributed by atoms with van der Waals surface area (Å²) in [6.07, 6.45) is 1.66. The molecule has 0 saturated heterocycles. The number of esters is 1. The van der Waals surface area contributed by atoms with E-state index in [1.165, 1.54) is 11.3 Å². The van der Waals surface area contributed by atoms with E-state index in [1.54, 1.807) is 36.6 Å². The fourth-order valence-electron chi connectivity index (χ4n) is 4.92. The summed E-state index contributed by atoms with van der Waals surface area (Å²) in [6, 6.07) is 15.7. The topological polar surface area (TPSA) is 79.1 Å². The average molecular weight is 842 g/mol. The molecule has 5 rings (SSSR count). The van der Waals surface area contributed by atoms with Crippen LogP contribution in [0.1, 0.15) is 50.4 Å². The number of hydrogen-bond donors (Lipinski definition) is 0. The second-order valence-corrected chi connectivity index (χ2v) is 14.3. The lowest BCUT2D eigenvalue weighted by atomic mass is 9.95. The number of carbonyl (C=O) groups is 1. The van der Waals surface area contributed by atoms with Gasteiger partial charge in [0.25, 0.3) is 5.56 Å². The molecule has 0 amide bonds. The molecule has 0 unspecified atom stereocenters. The molecule has 1 atom stereocenters. The smallest absolute Gasteiger partial charge is 0.338 e. The molecule has 2 heterocycles. The Morgan fingerprint density at radius 3 is 2.64 bits per heavy atom. The van der Waals surface area contributed by atoms with Crippen LogP contribution in [0.25, 0.3) is 6.08 Å². The first kappa shape index (κ1) is 33.7. The van der Waals surface area contributed by atoms with E-state index < -0.39 is 12.0 Å². The fraction of sp³-hybridized carbons (Fsp3) is 0.242. The van der Waals surface area contributed by atoms with E-state index in [4.69, 9.17) is 42.4 Å². The van der Waals surface area contributed by atoms with Gasteiger partial charge in [-0.05, 0) is 86.7 Å². The summed E-state index contributed by atoms with van der Waals surface area (Å²) < 4.78 is 21.5. The SMILES string of the molecule is CCOC(=O)C1=C(C)N=c2s/c(=C\c3cc(Br)cc(I)c3OCc3ccc(Cl)cc3Cl)c(=O)n2[C@@H]1c1ccccc1OC(C)C. The molecule has 0 fully saturated rings. The van der Waals surface area contributed by atoms with Crippen LogP contribution in [0.3, 0.4) is 0 Å². The predicted octanol–water partition coefficient (Wildman–Crippen LogP) is 7.84. The van der Waals surface area contributed by atoms with Gasteiger partial charge in [-0.15, -0.1) is 0 Å². The second kappa shape index (κ2) is 14.4. The minimum absolute atomic E-state index is 0.127. The van der Waals surface area contributed by atoms with Crippen molar-refractivity contribution in [2.45, 2.75) is 46.4 Å². The molecular weight excluding hydrogens is 814 g/mol. The van der Waals surface area contributed by atoms with Gasteiger partial charge < -0.3 is 14.2 Å². The lowest BCUT2D eigenvalue weighted by Crippen LogP contribution is -2.40. The van der Waals surface area contributed by atoms with Gasteiger partial charge in [0.05, 0.1) is 32.1 Å². The number of thiazole rings is 1. The predicted molar refractivity (Wildman–Crippen MR) is 190 cm³/mol. The standard InChI is InChI=1S/C33H28BrCl2IN2O5S/c1-5-42-32(41)28-18(4)38-33-39(29(28)23-8-6-7-9-26(23)44-17(2)3)31(40)27(45-33)13-20-12-21(34)14-25(37)30(20)43-16-19-10-11-22(35)15-24(19)36/h6-15,17,29H,5,16H2,1-4H3/b27-13-/t29-/m1/s1. The Morgan fingerprint density at radius 2 is 1.93 bits per heavy atom. The summed E-state index contributed by atoms with van der Waals surface area (Å²) in [5.41, 5.74) is 2.58. The van der Waals surface area contributed by atoms with Gasteiger partial charge in [-0.2, -0.15) is 0 Å². The number of ether oxygens (including phenoxy) is 3. The van der Waals surface area contributed by atoms with E-state index in [9.17, 15) is 9.59 Å². The summed E-state index contributed by atoms with van der Waals surface area (Å²) >= 11 is 19.5. The van der Waals surface area contributed by atoms with Crippen molar-refractivity contribution in [3.63, 3.8) is 0 Å². The third-order valence-electron chi connectivity index (χ3n) is 6.80. The van der Waals surface area contributed by atoms with E-state index in [1.807, 2.05) is 56.3 Å². The molecule has 4 aromatic rings. The molecule has 1 aromatic heterocycles. The van der Waals surface area contributed by atoms with Crippen molar-refractivity contribution in [1.29, 1.82) is 0 Å². The molecule has 0 radical (unpaired) electrons. The number of benzene rings is 3. The third-order valence-corrected chi connectivity index (χ3v) is 9.63. The van der Waals surface area contributed by atoms with Crippen LogP contribution in [0.5, 0.6) is 11.5 Å². The van der Waals surface area contributed by atoms with Crippen LogP contribution in [0.15, 0.2) is 80.1 Å². The molecule has 234 valence electrons. The van der Waals surface area contributed by atoms with Crippen LogP contribution in [-0.4, -0.2) is 23.2 Å². The highest BCUT2D eigenvalue weighted by molar-refractivity contribution is 14.1. The number of fused-ring (bicyclic) bond motifs is 1. The van der Waals surface area contributed by atoms with Crippen molar-refractivity contribution in [1.82, 2.24) is 4.57 Å². The van der Waals surface area contributed by atoms with E-state index in [-0.39, 0.29) is 30.5 Å².